The van der Waals surface area contributed by atoms with Crippen LogP contribution in [0.15, 0.2) is 0 Å². The van der Waals surface area contributed by atoms with Gasteiger partial charge in [-0.15, -0.1) is 0 Å². The van der Waals surface area contributed by atoms with Crippen molar-refractivity contribution in [2.24, 2.45) is 0 Å². The van der Waals surface area contributed by atoms with Gasteiger partial charge in [0.1, 0.15) is 0 Å². The lowest BCUT2D eigenvalue weighted by atomic mass is 10.3. The normalized spacial score (nSPS) is 4.00. The van der Waals surface area contributed by atoms with Crippen LogP contribution in [0.1, 0.15) is 0 Å². The van der Waals surface area contributed by atoms with Crippen LogP contribution in [0.4, 0.5) is 0 Å². The fourth-order valence-corrected chi connectivity index (χ4v) is 0. The molecular weight excluding hydrogens is 49.6 g/mol. The van der Waals surface area contributed by atoms with Gasteiger partial charge in [0.15, 0.2) is 16.0 Å². The summed E-state index contributed by atoms with van der Waals surface area (Å²) < 4.78 is 0. The third-order valence-electron chi connectivity index (χ3n) is 0. The third-order valence-corrected chi connectivity index (χ3v) is 0. The first-order chi connectivity index (χ1) is 1.41. The molecule has 4 heavy (non-hydrogen) atoms. The van der Waals surface area contributed by atoms with E-state index in [-0.39, 0.29) is 6.15 Å². The molecule has 0 heterocycles. The molecule has 0 atom stereocenters. The van der Waals surface area contributed by atoms with Crippen LogP contribution in [0.5, 0.6) is 0 Å². The van der Waals surface area contributed by atoms with Gasteiger partial charge in [0.25, 0.3) is 0 Å². The van der Waals surface area contributed by atoms with Crippen LogP contribution in [0.2, 0.25) is 0 Å². The molecule has 0 aromatic heterocycles. The molecule has 0 rings (SSSR count). The lowest BCUT2D eigenvalue weighted by Gasteiger charge is -1.56. The zero-order valence-corrected chi connectivity index (χ0v) is 3.21. The van der Waals surface area contributed by atoms with Crippen molar-refractivity contribution in [3.8, 4) is 0 Å². The van der Waals surface area contributed by atoms with Crippen molar-refractivity contribution in [2.75, 3.05) is 0 Å². The quantitative estimate of drug-likeness (QED) is 0.311. The molecule has 24 valence electrons. The topological polar surface area (TPSA) is 47.0 Å². The Kier molecular flexibility index (Phi) is 26.1. The molecule has 0 aliphatic rings. The molecule has 0 saturated carbocycles. The maximum Gasteiger partial charge on any atom is 0.169 e. The van der Waals surface area contributed by atoms with E-state index < -0.39 is 0 Å². The van der Waals surface area contributed by atoms with E-state index in [1.807, 2.05) is 16.0 Å². The largest absolute Gasteiger partial charge is 0.410 e. The summed E-state index contributed by atoms with van der Waals surface area (Å²) >= 11 is 0. The molecule has 4 heteroatoms. The summed E-state index contributed by atoms with van der Waals surface area (Å²) in [6.07, 6.45) is 0. The Morgan fingerprint density at radius 1 is 1.25 bits per heavy atom. The number of hydrogen-bond donors (Lipinski definition) is 2. The molecule has 4 N–H and O–H groups in total. The Hall–Kier alpha value is 0.0499. The average molecular weight is 57.7 g/mol. The molecule has 0 amide bonds. The molecule has 2 nitrogen and oxygen atoms in total. The zero-order valence-electron chi connectivity index (χ0n) is 3.21. The lowest BCUT2D eigenvalue weighted by molar-refractivity contribution is 1.68. The van der Waals surface area contributed by atoms with Crippen LogP contribution in [-0.2, 0) is 0 Å². The van der Waals surface area contributed by atoms with Crippen molar-refractivity contribution in [3.63, 3.8) is 0 Å². The summed E-state index contributed by atoms with van der Waals surface area (Å²) in [7, 11) is 3.75. The molecule has 0 aliphatic carbocycles. The van der Waals surface area contributed by atoms with E-state index in [1.165, 1.54) is 0 Å². The molecule has 0 bridgehead atoms. The van der Waals surface area contributed by atoms with Gasteiger partial charge >= 0.3 is 0 Å². The summed E-state index contributed by atoms with van der Waals surface area (Å²) in [4.78, 5) is 0. The van der Waals surface area contributed by atoms with E-state index in [4.69, 9.17) is 0 Å². The van der Waals surface area contributed by atoms with E-state index >= 15 is 0 Å². The van der Waals surface area contributed by atoms with Crippen LogP contribution >= 0.6 is 0 Å². The number of hydrogen-bond acceptors (Lipinski definition) is 2. The highest BCUT2D eigenvalue weighted by Crippen LogP contribution is 0.879. The van der Waals surface area contributed by atoms with Crippen LogP contribution < -0.4 is 11.3 Å². The zero-order chi connectivity index (χ0) is 2.71. The highest BCUT2D eigenvalue weighted by Gasteiger charge is 1.32. The molecule has 0 aliphatic heterocycles. The predicted molar refractivity (Wildman–Crippen MR) is 25.2 cm³/mol. The minimum absolute atomic E-state index is 0. The van der Waals surface area contributed by atoms with Gasteiger partial charge in [-0.3, -0.25) is 0 Å². The van der Waals surface area contributed by atoms with E-state index in [2.05, 4.69) is 5.14 Å². The van der Waals surface area contributed by atoms with Crippen molar-refractivity contribution in [3.05, 3.63) is 0 Å². The Bertz CT molecular complexity index is 4.00. The van der Waals surface area contributed by atoms with E-state index in [1.54, 1.807) is 0 Å². The Balaban J connectivity index is 0. The summed E-state index contributed by atoms with van der Waals surface area (Å²) in [6, 6.07) is 0. The molecule has 0 aromatic rings. The minimum Gasteiger partial charge on any atom is -0.410 e. The molecule has 0 aromatic carbocycles. The smallest absolute Gasteiger partial charge is 0.169 e. The van der Waals surface area contributed by atoms with Gasteiger partial charge in [0.05, 0.1) is 0 Å². The van der Waals surface area contributed by atoms with Crippen molar-refractivity contribution in [1.29, 1.82) is 0 Å². The van der Waals surface area contributed by atoms with Crippen LogP contribution in [0.3, 0.4) is 0 Å². The number of nitrogens with one attached hydrogen (secondary N) is 1. The lowest BCUT2D eigenvalue weighted by Crippen LogP contribution is -1.97. The fourth-order valence-electron chi connectivity index (χ4n) is 0. The van der Waals surface area contributed by atoms with E-state index in [9.17, 15) is 0 Å². The fraction of sp³-hybridized carbons (Fsp3) is 0. The van der Waals surface area contributed by atoms with Crippen LogP contribution in [0.25, 0.3) is 0 Å². The SMILES string of the molecule is BNB.N. The highest BCUT2D eigenvalue weighted by molar-refractivity contribution is 6.25. The Labute approximate surface area is 28.4 Å². The third kappa shape index (κ3) is 908. The second kappa shape index (κ2) is 11.6. The van der Waals surface area contributed by atoms with Crippen LogP contribution in [-0.4, -0.2) is 16.0 Å². The first-order valence-electron chi connectivity index (χ1n) is 1.00. The minimum atomic E-state index is 0. The van der Waals surface area contributed by atoms with Gasteiger partial charge in [-0.05, 0) is 0 Å². The first kappa shape index (κ1) is 8.97. The van der Waals surface area contributed by atoms with Crippen molar-refractivity contribution >= 4 is 16.0 Å². The second-order valence-corrected chi connectivity index (χ2v) is 0.500. The number of rotatable bonds is 0. The van der Waals surface area contributed by atoms with E-state index in [0.29, 0.717) is 0 Å². The van der Waals surface area contributed by atoms with Crippen molar-refractivity contribution in [1.82, 2.24) is 11.3 Å². The van der Waals surface area contributed by atoms with E-state index in [0.717, 1.165) is 0 Å². The van der Waals surface area contributed by atoms with Gasteiger partial charge in [0.2, 0.25) is 0 Å². The Morgan fingerprint density at radius 2 is 1.25 bits per heavy atom. The van der Waals surface area contributed by atoms with Crippen molar-refractivity contribution in [2.45, 2.75) is 0 Å². The molecule has 0 unspecified atom stereocenters. The molecule has 0 spiro atoms. The molecule has 0 saturated heterocycles. The predicted octanol–water partition coefficient (Wildman–Crippen LogP) is -2.17. The molecular formula is H8B2N2. The Morgan fingerprint density at radius 3 is 1.25 bits per heavy atom. The molecule has 0 fully saturated rings. The summed E-state index contributed by atoms with van der Waals surface area (Å²) in [6.45, 7) is 0. The van der Waals surface area contributed by atoms with Gasteiger partial charge < -0.3 is 11.3 Å². The van der Waals surface area contributed by atoms with Gasteiger partial charge in [-0.25, -0.2) is 0 Å². The van der Waals surface area contributed by atoms with Gasteiger partial charge in [-0.2, -0.15) is 0 Å². The van der Waals surface area contributed by atoms with Gasteiger partial charge in [-0.1, -0.05) is 0 Å². The summed E-state index contributed by atoms with van der Waals surface area (Å²) in [5, 5.41) is 2.75. The highest BCUT2D eigenvalue weighted by atomic mass is 14.5. The second-order valence-electron chi connectivity index (χ2n) is 0.500. The van der Waals surface area contributed by atoms with Gasteiger partial charge in [0, 0.05) is 0 Å². The average Bonchev–Trinajstić information content (AvgIpc) is 0.918. The summed E-state index contributed by atoms with van der Waals surface area (Å²) in [5.41, 5.74) is 0. The maximum atomic E-state index is 2.75. The molecule has 0 radical (unpaired) electrons. The summed E-state index contributed by atoms with van der Waals surface area (Å²) in [5.74, 6) is 0. The first-order valence-corrected chi connectivity index (χ1v) is 1.00. The standard InChI is InChI=1S/B2H5N.H3N/c1-3-2;/h3H,1-2H2;1H3. The van der Waals surface area contributed by atoms with Crippen LogP contribution in [0, 0.1) is 0 Å². The monoisotopic (exact) mass is 58.1 g/mol. The maximum absolute atomic E-state index is 2.75. The van der Waals surface area contributed by atoms with Crippen molar-refractivity contribution < 1.29 is 0 Å².